The first-order valence-electron chi connectivity index (χ1n) is 8.04. The van der Waals surface area contributed by atoms with Crippen LogP contribution in [0.1, 0.15) is 21.8 Å². The van der Waals surface area contributed by atoms with Crippen LogP contribution in [0.3, 0.4) is 0 Å². The predicted molar refractivity (Wildman–Crippen MR) is 96.2 cm³/mol. The molecule has 7 nitrogen and oxygen atoms in total. The minimum absolute atomic E-state index is 0.0869. The zero-order valence-corrected chi connectivity index (χ0v) is 15.2. The van der Waals surface area contributed by atoms with Crippen LogP contribution in [0.2, 0.25) is 0 Å². The Hall–Kier alpha value is -1.81. The third-order valence-corrected chi connectivity index (χ3v) is 6.21. The molecule has 1 aliphatic heterocycles. The molecular formula is C16H20N4O3S2. The van der Waals surface area contributed by atoms with Gasteiger partial charge in [0, 0.05) is 42.7 Å². The molecule has 1 saturated heterocycles. The number of nitrogens with zero attached hydrogens (tertiary/aromatic N) is 1. The van der Waals surface area contributed by atoms with Crippen LogP contribution >= 0.6 is 11.3 Å². The number of benzene rings is 1. The fourth-order valence-corrected chi connectivity index (χ4v) is 4.30. The summed E-state index contributed by atoms with van der Waals surface area (Å²) >= 11 is 1.49. The Morgan fingerprint density at radius 1 is 1.40 bits per heavy atom. The van der Waals surface area contributed by atoms with Gasteiger partial charge in [0.05, 0.1) is 9.90 Å². The molecule has 0 unspecified atom stereocenters. The minimum Gasteiger partial charge on any atom is -0.348 e. The van der Waals surface area contributed by atoms with E-state index in [1.807, 2.05) is 5.38 Å². The van der Waals surface area contributed by atoms with Gasteiger partial charge in [-0.2, -0.15) is 0 Å². The Kier molecular flexibility index (Phi) is 5.79. The quantitative estimate of drug-likeness (QED) is 0.658. The molecule has 0 saturated carbocycles. The molecule has 2 heterocycles. The fraction of sp³-hybridized carbons (Fsp3) is 0.375. The third kappa shape index (κ3) is 4.85. The molecule has 2 aromatic rings. The topological polar surface area (TPSA) is 100 Å². The number of amides is 1. The monoisotopic (exact) mass is 380 g/mol. The SMILES string of the molecule is O=C(N[C@@H]1CCNC1)c1cccc(S(=O)(=O)NCCc2nccs2)c1. The van der Waals surface area contributed by atoms with Crippen LogP contribution in [0, 0.1) is 0 Å². The van der Waals surface area contributed by atoms with Gasteiger partial charge in [-0.3, -0.25) is 4.79 Å². The van der Waals surface area contributed by atoms with Crippen LogP contribution in [0.5, 0.6) is 0 Å². The molecule has 0 radical (unpaired) electrons. The summed E-state index contributed by atoms with van der Waals surface area (Å²) in [5.74, 6) is -0.256. The molecule has 3 N–H and O–H groups in total. The highest BCUT2D eigenvalue weighted by atomic mass is 32.2. The number of nitrogens with one attached hydrogen (secondary N) is 3. The molecule has 3 rings (SSSR count). The van der Waals surface area contributed by atoms with E-state index < -0.39 is 10.0 Å². The van der Waals surface area contributed by atoms with E-state index >= 15 is 0 Å². The maximum absolute atomic E-state index is 12.4. The maximum atomic E-state index is 12.4. The van der Waals surface area contributed by atoms with Crippen molar-refractivity contribution in [1.29, 1.82) is 0 Å². The van der Waals surface area contributed by atoms with Gasteiger partial charge in [-0.05, 0) is 31.2 Å². The summed E-state index contributed by atoms with van der Waals surface area (Å²) in [6, 6.07) is 6.18. The third-order valence-electron chi connectivity index (χ3n) is 3.92. The number of hydrogen-bond donors (Lipinski definition) is 3. The summed E-state index contributed by atoms with van der Waals surface area (Å²) in [4.78, 5) is 16.5. The van der Waals surface area contributed by atoms with Gasteiger partial charge in [0.15, 0.2) is 0 Å². The highest BCUT2D eigenvalue weighted by molar-refractivity contribution is 7.89. The van der Waals surface area contributed by atoms with Crippen LogP contribution in [0.4, 0.5) is 0 Å². The minimum atomic E-state index is -3.66. The van der Waals surface area contributed by atoms with E-state index in [1.54, 1.807) is 18.3 Å². The number of aromatic nitrogens is 1. The standard InChI is InChI=1S/C16H20N4O3S2/c21-16(20-13-4-6-17-11-13)12-2-1-3-14(10-12)25(22,23)19-7-5-15-18-8-9-24-15/h1-3,8-10,13,17,19H,4-7,11H2,(H,20,21)/t13-/m1/s1. The van der Waals surface area contributed by atoms with Gasteiger partial charge in [0.25, 0.3) is 5.91 Å². The first kappa shape index (κ1) is 18.0. The van der Waals surface area contributed by atoms with Gasteiger partial charge >= 0.3 is 0 Å². The van der Waals surface area contributed by atoms with Crippen LogP contribution in [0.25, 0.3) is 0 Å². The van der Waals surface area contributed by atoms with E-state index in [4.69, 9.17) is 0 Å². The fourth-order valence-electron chi connectivity index (χ4n) is 2.60. The Bertz CT molecular complexity index is 816. The Morgan fingerprint density at radius 3 is 3.00 bits per heavy atom. The summed E-state index contributed by atoms with van der Waals surface area (Å²) in [6.45, 7) is 1.88. The second-order valence-electron chi connectivity index (χ2n) is 5.76. The lowest BCUT2D eigenvalue weighted by Crippen LogP contribution is -2.36. The lowest BCUT2D eigenvalue weighted by molar-refractivity contribution is 0.0940. The smallest absolute Gasteiger partial charge is 0.251 e. The Balaban J connectivity index is 1.63. The lowest BCUT2D eigenvalue weighted by atomic mass is 10.2. The second-order valence-corrected chi connectivity index (χ2v) is 8.51. The van der Waals surface area contributed by atoms with Gasteiger partial charge in [0.2, 0.25) is 10.0 Å². The average molecular weight is 380 g/mol. The second kappa shape index (κ2) is 8.05. The van der Waals surface area contributed by atoms with Gasteiger partial charge in [0.1, 0.15) is 0 Å². The van der Waals surface area contributed by atoms with Crippen molar-refractivity contribution in [2.75, 3.05) is 19.6 Å². The molecule has 0 spiro atoms. The molecule has 1 amide bonds. The molecule has 134 valence electrons. The average Bonchev–Trinajstić information content (AvgIpc) is 3.29. The van der Waals surface area contributed by atoms with Crippen molar-refractivity contribution in [2.45, 2.75) is 23.8 Å². The summed E-state index contributed by atoms with van der Waals surface area (Å²) in [5.41, 5.74) is 0.342. The van der Waals surface area contributed by atoms with E-state index in [9.17, 15) is 13.2 Å². The van der Waals surface area contributed by atoms with Crippen LogP contribution in [-0.4, -0.2) is 45.0 Å². The molecule has 0 aliphatic carbocycles. The highest BCUT2D eigenvalue weighted by Crippen LogP contribution is 2.13. The van der Waals surface area contributed by atoms with Crippen molar-refractivity contribution in [2.24, 2.45) is 0 Å². The number of sulfonamides is 1. The molecule has 1 aromatic carbocycles. The van der Waals surface area contributed by atoms with Crippen molar-refractivity contribution in [3.63, 3.8) is 0 Å². The Morgan fingerprint density at radius 2 is 2.28 bits per heavy atom. The van der Waals surface area contributed by atoms with Crippen LogP contribution < -0.4 is 15.4 Å². The normalized spacial score (nSPS) is 17.5. The zero-order chi connectivity index (χ0) is 17.7. The summed E-state index contributed by atoms with van der Waals surface area (Å²) < 4.78 is 27.4. The molecule has 1 aromatic heterocycles. The number of rotatable bonds is 7. The first-order valence-corrected chi connectivity index (χ1v) is 10.4. The van der Waals surface area contributed by atoms with E-state index in [1.165, 1.54) is 23.5 Å². The molecule has 1 aliphatic rings. The van der Waals surface area contributed by atoms with Crippen LogP contribution in [0.15, 0.2) is 40.7 Å². The van der Waals surface area contributed by atoms with E-state index in [2.05, 4.69) is 20.3 Å². The maximum Gasteiger partial charge on any atom is 0.251 e. The van der Waals surface area contributed by atoms with E-state index in [-0.39, 0.29) is 23.4 Å². The molecule has 25 heavy (non-hydrogen) atoms. The number of carbonyl (C=O) groups excluding carboxylic acids is 1. The number of carbonyl (C=O) groups is 1. The summed E-state index contributed by atoms with van der Waals surface area (Å²) in [5, 5.41) is 8.82. The van der Waals surface area contributed by atoms with Crippen molar-refractivity contribution < 1.29 is 13.2 Å². The molecule has 1 fully saturated rings. The van der Waals surface area contributed by atoms with Crippen LogP contribution in [-0.2, 0) is 16.4 Å². The lowest BCUT2D eigenvalue weighted by Gasteiger charge is -2.12. The van der Waals surface area contributed by atoms with Crippen molar-refractivity contribution in [1.82, 2.24) is 20.3 Å². The molecule has 1 atom stereocenters. The predicted octanol–water partition coefficient (Wildman–Crippen LogP) is 0.756. The molecule has 0 bridgehead atoms. The number of hydrogen-bond acceptors (Lipinski definition) is 6. The number of thiazole rings is 1. The molecule has 9 heteroatoms. The van der Waals surface area contributed by atoms with Gasteiger partial charge in [-0.15, -0.1) is 11.3 Å². The summed E-state index contributed by atoms with van der Waals surface area (Å²) in [6.07, 6.45) is 3.10. The summed E-state index contributed by atoms with van der Waals surface area (Å²) in [7, 11) is -3.66. The highest BCUT2D eigenvalue weighted by Gasteiger charge is 2.19. The largest absolute Gasteiger partial charge is 0.348 e. The van der Waals surface area contributed by atoms with Gasteiger partial charge in [-0.25, -0.2) is 18.1 Å². The van der Waals surface area contributed by atoms with E-state index in [0.717, 1.165) is 24.5 Å². The van der Waals surface area contributed by atoms with E-state index in [0.29, 0.717) is 12.0 Å². The van der Waals surface area contributed by atoms with Crippen molar-refractivity contribution >= 4 is 27.3 Å². The van der Waals surface area contributed by atoms with Crippen molar-refractivity contribution in [3.8, 4) is 0 Å². The first-order chi connectivity index (χ1) is 12.0. The Labute approximate surface area is 150 Å². The van der Waals surface area contributed by atoms with Gasteiger partial charge < -0.3 is 10.6 Å². The van der Waals surface area contributed by atoms with Gasteiger partial charge in [-0.1, -0.05) is 6.07 Å². The molecular weight excluding hydrogens is 360 g/mol. The zero-order valence-electron chi connectivity index (χ0n) is 13.6. The van der Waals surface area contributed by atoms with Crippen molar-refractivity contribution in [3.05, 3.63) is 46.4 Å².